The minimum Gasteiger partial charge on any atom is -0.342 e. The summed E-state index contributed by atoms with van der Waals surface area (Å²) in [5.41, 5.74) is 1.97. The zero-order valence-corrected chi connectivity index (χ0v) is 22.1. The van der Waals surface area contributed by atoms with E-state index in [-0.39, 0.29) is 22.3 Å². The second-order valence-electron chi connectivity index (χ2n) is 9.23. The number of nitrogens with zero attached hydrogens (tertiary/aromatic N) is 1. The van der Waals surface area contributed by atoms with E-state index in [9.17, 15) is 18.5 Å². The van der Waals surface area contributed by atoms with E-state index in [1.165, 1.54) is 12.1 Å². The normalized spacial score (nSPS) is 22.1. The number of rotatable bonds is 6. The fourth-order valence-corrected chi connectivity index (χ4v) is 6.29. The highest BCUT2D eigenvalue weighted by molar-refractivity contribution is 7.90. The van der Waals surface area contributed by atoms with Crippen molar-refractivity contribution in [2.45, 2.75) is 42.5 Å². The predicted molar refractivity (Wildman–Crippen MR) is 143 cm³/mol. The van der Waals surface area contributed by atoms with Crippen LogP contribution in [0.25, 0.3) is 5.57 Å². The van der Waals surface area contributed by atoms with Gasteiger partial charge in [0.1, 0.15) is 5.92 Å². The van der Waals surface area contributed by atoms with Crippen molar-refractivity contribution in [1.29, 1.82) is 5.26 Å². The maximum Gasteiger partial charge on any atom is 0.225 e. The lowest BCUT2D eigenvalue weighted by atomic mass is 9.76. The minimum atomic E-state index is -3.33. The molecule has 1 amide bonds. The Kier molecular flexibility index (Phi) is 7.75. The summed E-state index contributed by atoms with van der Waals surface area (Å²) in [6.45, 7) is 0. The van der Waals surface area contributed by atoms with Crippen LogP contribution >= 0.6 is 23.2 Å². The predicted octanol–water partition coefficient (Wildman–Crippen LogP) is 5.91. The standard InChI is InChI=1S/C28H26Cl2N2O3S/c1-36(34,35)22-13-11-19(12-14-22)15-25(33)32-28(16-20-7-5-6-8-20)17-24(29)26(27(30)23(28)18-31)21-9-3-2-4-10-21/h2-4,9-14,16-17,23H,5-8,15H2,1H3,(H,32,33). The topological polar surface area (TPSA) is 87.0 Å². The molecule has 2 aromatic carbocycles. The molecule has 0 aromatic heterocycles. The summed E-state index contributed by atoms with van der Waals surface area (Å²) in [4.78, 5) is 13.5. The Morgan fingerprint density at radius 2 is 1.75 bits per heavy atom. The van der Waals surface area contributed by atoms with Gasteiger partial charge in [0.2, 0.25) is 5.91 Å². The quantitative estimate of drug-likeness (QED) is 0.461. The second kappa shape index (κ2) is 10.6. The van der Waals surface area contributed by atoms with Crippen molar-refractivity contribution >= 4 is 44.5 Å². The number of halogens is 2. The zero-order chi connectivity index (χ0) is 25.9. The van der Waals surface area contributed by atoms with Gasteiger partial charge >= 0.3 is 0 Å². The number of nitriles is 1. The van der Waals surface area contributed by atoms with E-state index in [1.807, 2.05) is 36.4 Å². The molecule has 1 N–H and O–H groups in total. The molecule has 2 aliphatic carbocycles. The Labute approximate surface area is 222 Å². The zero-order valence-electron chi connectivity index (χ0n) is 19.8. The van der Waals surface area contributed by atoms with E-state index in [0.29, 0.717) is 16.2 Å². The first kappa shape index (κ1) is 26.2. The number of nitrogens with one attached hydrogen (secondary N) is 1. The van der Waals surface area contributed by atoms with E-state index in [0.717, 1.165) is 43.1 Å². The lowest BCUT2D eigenvalue weighted by molar-refractivity contribution is -0.121. The molecule has 0 spiro atoms. The highest BCUT2D eigenvalue weighted by Crippen LogP contribution is 2.46. The first-order valence-electron chi connectivity index (χ1n) is 11.7. The van der Waals surface area contributed by atoms with Gasteiger partial charge < -0.3 is 5.32 Å². The molecule has 8 heteroatoms. The first-order chi connectivity index (χ1) is 17.1. The highest BCUT2D eigenvalue weighted by atomic mass is 35.5. The van der Waals surface area contributed by atoms with Crippen LogP contribution in [0.3, 0.4) is 0 Å². The molecular formula is C28H26Cl2N2O3S. The molecule has 186 valence electrons. The van der Waals surface area contributed by atoms with Gasteiger partial charge in [0.25, 0.3) is 0 Å². The van der Waals surface area contributed by atoms with Crippen LogP contribution in [0.1, 0.15) is 36.8 Å². The number of amides is 1. The van der Waals surface area contributed by atoms with Gasteiger partial charge in [-0.3, -0.25) is 4.79 Å². The molecule has 2 aliphatic rings. The molecule has 2 atom stereocenters. The molecule has 5 nitrogen and oxygen atoms in total. The molecule has 36 heavy (non-hydrogen) atoms. The van der Waals surface area contributed by atoms with E-state index in [4.69, 9.17) is 23.2 Å². The average Bonchev–Trinajstić information content (AvgIpc) is 3.32. The smallest absolute Gasteiger partial charge is 0.225 e. The Morgan fingerprint density at radius 1 is 1.11 bits per heavy atom. The molecule has 0 aliphatic heterocycles. The van der Waals surface area contributed by atoms with Gasteiger partial charge in [-0.1, -0.05) is 77.3 Å². The molecular weight excluding hydrogens is 515 g/mol. The fourth-order valence-electron chi connectivity index (χ4n) is 4.78. The van der Waals surface area contributed by atoms with E-state index in [1.54, 1.807) is 18.2 Å². The monoisotopic (exact) mass is 540 g/mol. The van der Waals surface area contributed by atoms with Crippen LogP contribution in [-0.4, -0.2) is 26.1 Å². The van der Waals surface area contributed by atoms with E-state index >= 15 is 0 Å². The van der Waals surface area contributed by atoms with Crippen molar-refractivity contribution in [3.8, 4) is 6.07 Å². The van der Waals surface area contributed by atoms with Gasteiger partial charge in [-0.15, -0.1) is 0 Å². The second-order valence-corrected chi connectivity index (χ2v) is 12.1. The molecule has 1 fully saturated rings. The third-order valence-electron chi connectivity index (χ3n) is 6.53. The Morgan fingerprint density at radius 3 is 2.33 bits per heavy atom. The highest BCUT2D eigenvalue weighted by Gasteiger charge is 2.44. The molecule has 0 bridgehead atoms. The number of carbonyl (C=O) groups is 1. The van der Waals surface area contributed by atoms with Crippen LogP contribution < -0.4 is 5.32 Å². The average molecular weight is 542 g/mol. The maximum atomic E-state index is 13.3. The first-order valence-corrected chi connectivity index (χ1v) is 14.3. The van der Waals surface area contributed by atoms with E-state index in [2.05, 4.69) is 11.4 Å². The van der Waals surface area contributed by atoms with Crippen molar-refractivity contribution in [3.05, 3.63) is 93.5 Å². The van der Waals surface area contributed by atoms with Gasteiger partial charge in [0.15, 0.2) is 9.84 Å². The number of benzene rings is 2. The van der Waals surface area contributed by atoms with E-state index < -0.39 is 21.3 Å². The fraction of sp³-hybridized carbons (Fsp3) is 0.286. The van der Waals surface area contributed by atoms with Crippen molar-refractivity contribution in [2.75, 3.05) is 6.26 Å². The Bertz CT molecular complexity index is 1400. The minimum absolute atomic E-state index is 0.00541. The van der Waals surface area contributed by atoms with Crippen LogP contribution in [0, 0.1) is 17.2 Å². The summed E-state index contributed by atoms with van der Waals surface area (Å²) in [5, 5.41) is 14.0. The summed E-state index contributed by atoms with van der Waals surface area (Å²) in [6.07, 6.45) is 8.70. The molecule has 2 aromatic rings. The van der Waals surface area contributed by atoms with Crippen LogP contribution in [0.15, 0.2) is 87.3 Å². The van der Waals surface area contributed by atoms with Gasteiger partial charge in [-0.2, -0.15) is 5.26 Å². The Balaban J connectivity index is 1.70. The van der Waals surface area contributed by atoms with Crippen molar-refractivity contribution < 1.29 is 13.2 Å². The van der Waals surface area contributed by atoms with Crippen molar-refractivity contribution in [2.24, 2.45) is 5.92 Å². The SMILES string of the molecule is CS(=O)(=O)c1ccc(CC(=O)NC2(C=C3CCCC3)C=C(Cl)C(c3ccccc3)=C(Cl)C2C#N)cc1. The third kappa shape index (κ3) is 5.59. The van der Waals surface area contributed by atoms with Gasteiger partial charge in [0, 0.05) is 21.9 Å². The van der Waals surface area contributed by atoms with Crippen LogP contribution in [0.2, 0.25) is 0 Å². The van der Waals surface area contributed by atoms with Crippen molar-refractivity contribution in [3.63, 3.8) is 0 Å². The molecule has 0 saturated heterocycles. The summed E-state index contributed by atoms with van der Waals surface area (Å²) >= 11 is 13.6. The number of allylic oxidation sites excluding steroid dienone is 3. The van der Waals surface area contributed by atoms with Crippen LogP contribution in [0.4, 0.5) is 0 Å². The molecule has 0 radical (unpaired) electrons. The third-order valence-corrected chi connectivity index (χ3v) is 8.36. The lowest BCUT2D eigenvalue weighted by Crippen LogP contribution is -2.53. The lowest BCUT2D eigenvalue weighted by Gasteiger charge is -2.38. The summed E-state index contributed by atoms with van der Waals surface area (Å²) in [6, 6.07) is 17.9. The number of sulfone groups is 1. The summed E-state index contributed by atoms with van der Waals surface area (Å²) in [5.74, 6) is -1.20. The summed E-state index contributed by atoms with van der Waals surface area (Å²) in [7, 11) is -3.33. The molecule has 0 heterocycles. The maximum absolute atomic E-state index is 13.3. The van der Waals surface area contributed by atoms with Gasteiger partial charge in [-0.25, -0.2) is 8.42 Å². The molecule has 4 rings (SSSR count). The largest absolute Gasteiger partial charge is 0.342 e. The molecule has 2 unspecified atom stereocenters. The Hall–Kier alpha value is -2.85. The van der Waals surface area contributed by atoms with Gasteiger partial charge in [0.05, 0.1) is 22.9 Å². The number of carbonyl (C=O) groups excluding carboxylic acids is 1. The van der Waals surface area contributed by atoms with Gasteiger partial charge in [-0.05, 0) is 55.0 Å². The van der Waals surface area contributed by atoms with Crippen molar-refractivity contribution in [1.82, 2.24) is 5.32 Å². The summed E-state index contributed by atoms with van der Waals surface area (Å²) < 4.78 is 23.5. The number of hydrogen-bond donors (Lipinski definition) is 1. The van der Waals surface area contributed by atoms with Crippen LogP contribution in [-0.2, 0) is 21.1 Å². The number of hydrogen-bond acceptors (Lipinski definition) is 4. The molecule has 1 saturated carbocycles. The van der Waals surface area contributed by atoms with Crippen LogP contribution in [0.5, 0.6) is 0 Å².